The molecule has 0 saturated carbocycles. The Morgan fingerprint density at radius 3 is 2.45 bits per heavy atom. The van der Waals surface area contributed by atoms with Gasteiger partial charge in [0, 0.05) is 23.1 Å². The van der Waals surface area contributed by atoms with Crippen LogP contribution in [0.25, 0.3) is 0 Å². The van der Waals surface area contributed by atoms with Gasteiger partial charge in [-0.05, 0) is 55.5 Å². The van der Waals surface area contributed by atoms with Crippen molar-refractivity contribution in [2.45, 2.75) is 12.8 Å². The number of dihydropyridines is 1. The first-order valence-corrected chi connectivity index (χ1v) is 12.6. The number of amides is 2. The number of carbonyl (C=O) groups excluding carboxylic acids is 2. The van der Waals surface area contributed by atoms with Gasteiger partial charge in [-0.1, -0.05) is 17.8 Å². The SMILES string of the molecule is COc1ccc(NC(=O)C2=C(C)NC(SCC(=O)Nc3cccc(OC)c3)=C(C#N)C2c2ccco2)cc1. The van der Waals surface area contributed by atoms with Crippen molar-refractivity contribution in [2.75, 3.05) is 30.6 Å². The van der Waals surface area contributed by atoms with Crippen LogP contribution in [0.2, 0.25) is 0 Å². The van der Waals surface area contributed by atoms with Gasteiger partial charge in [0.25, 0.3) is 5.91 Å². The van der Waals surface area contributed by atoms with Crippen molar-refractivity contribution < 1.29 is 23.5 Å². The molecule has 1 aliphatic heterocycles. The van der Waals surface area contributed by atoms with E-state index in [-0.39, 0.29) is 23.1 Å². The van der Waals surface area contributed by atoms with Gasteiger partial charge in [0.1, 0.15) is 17.3 Å². The van der Waals surface area contributed by atoms with Gasteiger partial charge in [-0.15, -0.1) is 0 Å². The minimum atomic E-state index is -0.751. The van der Waals surface area contributed by atoms with E-state index in [9.17, 15) is 14.9 Å². The lowest BCUT2D eigenvalue weighted by atomic mass is 9.85. The molecule has 10 heteroatoms. The van der Waals surface area contributed by atoms with Crippen LogP contribution in [-0.2, 0) is 9.59 Å². The summed E-state index contributed by atoms with van der Waals surface area (Å²) in [6.07, 6.45) is 1.50. The van der Waals surface area contributed by atoms with E-state index >= 15 is 0 Å². The number of hydrogen-bond donors (Lipinski definition) is 3. The Bertz CT molecular complexity index is 1420. The topological polar surface area (TPSA) is 126 Å². The van der Waals surface area contributed by atoms with Gasteiger partial charge in [-0.25, -0.2) is 0 Å². The number of furan rings is 1. The first-order chi connectivity index (χ1) is 18.4. The average molecular weight is 531 g/mol. The number of rotatable bonds is 9. The van der Waals surface area contributed by atoms with E-state index < -0.39 is 5.92 Å². The molecule has 194 valence electrons. The maximum atomic E-state index is 13.4. The Balaban J connectivity index is 1.55. The summed E-state index contributed by atoms with van der Waals surface area (Å²) in [6.45, 7) is 1.75. The number of ether oxygens (including phenoxy) is 2. The molecule has 4 rings (SSSR count). The zero-order valence-corrected chi connectivity index (χ0v) is 21.8. The minimum absolute atomic E-state index is 0.0380. The Morgan fingerprint density at radius 1 is 1.03 bits per heavy atom. The Labute approximate surface area is 224 Å². The lowest BCUT2D eigenvalue weighted by Crippen LogP contribution is -2.31. The third kappa shape index (κ3) is 6.02. The fraction of sp³-hybridized carbons (Fsp3) is 0.179. The Morgan fingerprint density at radius 2 is 1.79 bits per heavy atom. The number of methoxy groups -OCH3 is 2. The van der Waals surface area contributed by atoms with Crippen molar-refractivity contribution in [1.82, 2.24) is 5.32 Å². The molecule has 38 heavy (non-hydrogen) atoms. The van der Waals surface area contributed by atoms with Gasteiger partial charge in [0.2, 0.25) is 5.91 Å². The molecule has 2 aromatic carbocycles. The van der Waals surface area contributed by atoms with Gasteiger partial charge >= 0.3 is 0 Å². The van der Waals surface area contributed by atoms with E-state index in [0.29, 0.717) is 44.9 Å². The summed E-state index contributed by atoms with van der Waals surface area (Å²) in [7, 11) is 3.12. The third-order valence-corrected chi connectivity index (χ3v) is 6.79. The highest BCUT2D eigenvalue weighted by molar-refractivity contribution is 8.03. The van der Waals surface area contributed by atoms with E-state index in [1.807, 2.05) is 0 Å². The van der Waals surface area contributed by atoms with Crippen LogP contribution in [-0.4, -0.2) is 31.8 Å². The van der Waals surface area contributed by atoms with Crippen molar-refractivity contribution in [3.63, 3.8) is 0 Å². The average Bonchev–Trinajstić information content (AvgIpc) is 3.46. The van der Waals surface area contributed by atoms with Crippen molar-refractivity contribution in [3.8, 4) is 17.6 Å². The van der Waals surface area contributed by atoms with Crippen LogP contribution >= 0.6 is 11.8 Å². The predicted molar refractivity (Wildman–Crippen MR) is 146 cm³/mol. The van der Waals surface area contributed by atoms with Crippen LogP contribution in [0.4, 0.5) is 11.4 Å². The van der Waals surface area contributed by atoms with Gasteiger partial charge in [0.05, 0.1) is 54.4 Å². The van der Waals surface area contributed by atoms with Gasteiger partial charge < -0.3 is 29.8 Å². The molecule has 0 spiro atoms. The maximum Gasteiger partial charge on any atom is 0.254 e. The number of carbonyl (C=O) groups is 2. The largest absolute Gasteiger partial charge is 0.497 e. The molecule has 3 aromatic rings. The van der Waals surface area contributed by atoms with E-state index in [0.717, 1.165) is 0 Å². The van der Waals surface area contributed by atoms with Crippen LogP contribution in [0.1, 0.15) is 18.6 Å². The summed E-state index contributed by atoms with van der Waals surface area (Å²) in [4.78, 5) is 26.1. The van der Waals surface area contributed by atoms with Crippen molar-refractivity contribution in [2.24, 2.45) is 0 Å². The van der Waals surface area contributed by atoms with Crippen LogP contribution < -0.4 is 25.4 Å². The number of nitriles is 1. The van der Waals surface area contributed by atoms with Crippen LogP contribution in [0.15, 0.2) is 93.2 Å². The molecule has 2 amide bonds. The van der Waals surface area contributed by atoms with Crippen molar-refractivity contribution >= 4 is 35.0 Å². The summed E-state index contributed by atoms with van der Waals surface area (Å²) < 4.78 is 16.0. The molecule has 0 radical (unpaired) electrons. The summed E-state index contributed by atoms with van der Waals surface area (Å²) in [5.74, 6) is 0.387. The summed E-state index contributed by atoms with van der Waals surface area (Å²) in [5.41, 5.74) is 2.35. The van der Waals surface area contributed by atoms with Crippen molar-refractivity contribution in [1.29, 1.82) is 5.26 Å². The molecular formula is C28H26N4O5S. The zero-order chi connectivity index (χ0) is 27.1. The summed E-state index contributed by atoms with van der Waals surface area (Å²) in [5, 5.41) is 19.5. The third-order valence-electron chi connectivity index (χ3n) is 5.77. The van der Waals surface area contributed by atoms with Gasteiger partial charge in [-0.2, -0.15) is 5.26 Å². The normalized spacial score (nSPS) is 14.8. The predicted octanol–water partition coefficient (Wildman–Crippen LogP) is 5.00. The zero-order valence-electron chi connectivity index (χ0n) is 21.0. The fourth-order valence-corrected chi connectivity index (χ4v) is 4.87. The van der Waals surface area contributed by atoms with Crippen LogP contribution in [0.5, 0.6) is 11.5 Å². The fourth-order valence-electron chi connectivity index (χ4n) is 3.98. The highest BCUT2D eigenvalue weighted by Crippen LogP contribution is 2.41. The molecule has 0 saturated heterocycles. The second-order valence-electron chi connectivity index (χ2n) is 8.22. The summed E-state index contributed by atoms with van der Waals surface area (Å²) in [6, 6.07) is 19.6. The molecule has 0 aliphatic carbocycles. The molecule has 9 nitrogen and oxygen atoms in total. The number of hydrogen-bond acceptors (Lipinski definition) is 8. The first-order valence-electron chi connectivity index (χ1n) is 11.6. The van der Waals surface area contributed by atoms with Crippen LogP contribution in [0, 0.1) is 11.3 Å². The number of nitrogens with zero attached hydrogens (tertiary/aromatic N) is 1. The maximum absolute atomic E-state index is 13.4. The second-order valence-corrected chi connectivity index (χ2v) is 9.20. The van der Waals surface area contributed by atoms with Crippen molar-refractivity contribution in [3.05, 3.63) is 94.6 Å². The molecular weight excluding hydrogens is 504 g/mol. The van der Waals surface area contributed by atoms with E-state index in [1.165, 1.54) is 18.0 Å². The van der Waals surface area contributed by atoms with Crippen LogP contribution in [0.3, 0.4) is 0 Å². The quantitative estimate of drug-likeness (QED) is 0.353. The standard InChI is InChI=1S/C28H26N4O5S/c1-17-25(27(34)32-18-9-11-20(35-2)12-10-18)26(23-8-5-13-37-23)22(15-29)28(30-17)38-16-24(33)31-19-6-4-7-21(14-19)36-3/h4-14,26,30H,16H2,1-3H3,(H,31,33)(H,32,34). The molecule has 1 aliphatic rings. The molecule has 2 heterocycles. The molecule has 1 unspecified atom stereocenters. The number of nitrogens with one attached hydrogen (secondary N) is 3. The number of anilines is 2. The first kappa shape index (κ1) is 26.4. The smallest absolute Gasteiger partial charge is 0.254 e. The highest BCUT2D eigenvalue weighted by atomic mass is 32.2. The number of thioether (sulfide) groups is 1. The minimum Gasteiger partial charge on any atom is -0.497 e. The van der Waals surface area contributed by atoms with Gasteiger partial charge in [0.15, 0.2) is 0 Å². The van der Waals surface area contributed by atoms with Gasteiger partial charge in [-0.3, -0.25) is 9.59 Å². The molecule has 0 fully saturated rings. The molecule has 1 atom stereocenters. The molecule has 3 N–H and O–H groups in total. The number of allylic oxidation sites excluding steroid dienone is 2. The second kappa shape index (κ2) is 12.1. The lowest BCUT2D eigenvalue weighted by Gasteiger charge is -2.28. The van der Waals surface area contributed by atoms with E-state index in [4.69, 9.17) is 13.9 Å². The highest BCUT2D eigenvalue weighted by Gasteiger charge is 2.36. The van der Waals surface area contributed by atoms with E-state index in [1.54, 1.807) is 81.8 Å². The summed E-state index contributed by atoms with van der Waals surface area (Å²) >= 11 is 1.18. The Hall–Kier alpha value is -4.62. The molecule has 0 bridgehead atoms. The monoisotopic (exact) mass is 530 g/mol. The van der Waals surface area contributed by atoms with E-state index in [2.05, 4.69) is 22.0 Å². The lowest BCUT2D eigenvalue weighted by molar-refractivity contribution is -0.114. The Kier molecular flexibility index (Phi) is 8.40. The number of benzene rings is 2. The molecule has 1 aromatic heterocycles.